The molecule has 0 spiro atoms. The predicted octanol–water partition coefficient (Wildman–Crippen LogP) is 3.01. The Hall–Kier alpha value is -2.34. The lowest BCUT2D eigenvalue weighted by molar-refractivity contribution is -0.139. The van der Waals surface area contributed by atoms with Gasteiger partial charge in [0.15, 0.2) is 0 Å². The van der Waals surface area contributed by atoms with Gasteiger partial charge in [-0.3, -0.25) is 9.69 Å². The molecule has 0 amide bonds. The van der Waals surface area contributed by atoms with Gasteiger partial charge in [0.1, 0.15) is 18.1 Å². The largest absolute Gasteiger partial charge is 0.478 e. The number of esters is 1. The summed E-state index contributed by atoms with van der Waals surface area (Å²) in [4.78, 5) is 26.3. The van der Waals surface area contributed by atoms with Crippen LogP contribution in [0.25, 0.3) is 11.0 Å². The van der Waals surface area contributed by atoms with Gasteiger partial charge >= 0.3 is 11.6 Å². The van der Waals surface area contributed by atoms with Gasteiger partial charge in [-0.2, -0.15) is 0 Å². The van der Waals surface area contributed by atoms with Crippen molar-refractivity contribution in [1.29, 1.82) is 0 Å². The average Bonchev–Trinajstić information content (AvgIpc) is 2.62. The molecule has 1 aliphatic heterocycles. The molecule has 1 aromatic heterocycles. The maximum atomic E-state index is 12.5. The number of nitrogens with zero attached hydrogens (tertiary/aromatic N) is 1. The van der Waals surface area contributed by atoms with Crippen LogP contribution >= 0.6 is 0 Å². The number of benzene rings is 1. The van der Waals surface area contributed by atoms with E-state index in [1.165, 1.54) is 7.11 Å². The van der Waals surface area contributed by atoms with Crippen LogP contribution in [0, 0.1) is 12.8 Å². The van der Waals surface area contributed by atoms with E-state index in [0.29, 0.717) is 30.3 Å². The lowest BCUT2D eigenvalue weighted by atomic mass is 10.00. The number of carbonyl (C=O) groups is 1. The second kappa shape index (κ2) is 7.50. The predicted molar refractivity (Wildman–Crippen MR) is 98.3 cm³/mol. The van der Waals surface area contributed by atoms with Gasteiger partial charge in [-0.05, 0) is 37.0 Å². The maximum Gasteiger partial charge on any atom is 0.340 e. The van der Waals surface area contributed by atoms with Crippen molar-refractivity contribution in [3.63, 3.8) is 0 Å². The Labute approximate surface area is 152 Å². The molecule has 140 valence electrons. The van der Waals surface area contributed by atoms with Gasteiger partial charge in [0, 0.05) is 18.5 Å². The zero-order chi connectivity index (χ0) is 18.8. The van der Waals surface area contributed by atoms with Gasteiger partial charge in [-0.1, -0.05) is 13.8 Å². The van der Waals surface area contributed by atoms with Crippen molar-refractivity contribution in [1.82, 2.24) is 4.90 Å². The fourth-order valence-corrected chi connectivity index (χ4v) is 3.21. The van der Waals surface area contributed by atoms with Crippen LogP contribution in [-0.4, -0.2) is 31.3 Å². The summed E-state index contributed by atoms with van der Waals surface area (Å²) in [6.45, 7) is 8.37. The standard InChI is InChI=1S/C20H25NO5/c1-12(2)7-8-21-10-16-17(25-11-21)6-5-14-13(3)15(9-18(22)24-4)20(23)26-19(14)16/h5-6,12H,7-11H2,1-4H3. The Kier molecular flexibility index (Phi) is 5.32. The quantitative estimate of drug-likeness (QED) is 0.604. The normalized spacial score (nSPS) is 14.3. The number of hydrogen-bond donors (Lipinski definition) is 0. The minimum atomic E-state index is -0.492. The number of hydrogen-bond acceptors (Lipinski definition) is 6. The smallest absolute Gasteiger partial charge is 0.340 e. The minimum Gasteiger partial charge on any atom is -0.478 e. The van der Waals surface area contributed by atoms with Crippen LogP contribution in [0.3, 0.4) is 0 Å². The molecule has 0 atom stereocenters. The van der Waals surface area contributed by atoms with Crippen molar-refractivity contribution in [2.45, 2.75) is 40.2 Å². The first kappa shape index (κ1) is 18.5. The second-order valence-electron chi connectivity index (χ2n) is 7.17. The third-order valence-electron chi connectivity index (χ3n) is 4.87. The highest BCUT2D eigenvalue weighted by Crippen LogP contribution is 2.33. The lowest BCUT2D eigenvalue weighted by Gasteiger charge is -2.29. The molecule has 2 heterocycles. The summed E-state index contributed by atoms with van der Waals surface area (Å²) in [7, 11) is 1.31. The van der Waals surface area contributed by atoms with Gasteiger partial charge in [0.2, 0.25) is 0 Å². The fraction of sp³-hybridized carbons (Fsp3) is 0.500. The van der Waals surface area contributed by atoms with Crippen LogP contribution in [-0.2, 0) is 22.5 Å². The molecule has 0 N–H and O–H groups in total. The van der Waals surface area contributed by atoms with Crippen LogP contribution in [0.2, 0.25) is 0 Å². The third kappa shape index (κ3) is 3.60. The van der Waals surface area contributed by atoms with E-state index in [-0.39, 0.29) is 6.42 Å². The molecule has 3 rings (SSSR count). The van der Waals surface area contributed by atoms with Crippen LogP contribution in [0.15, 0.2) is 21.3 Å². The fourth-order valence-electron chi connectivity index (χ4n) is 3.21. The van der Waals surface area contributed by atoms with Crippen molar-refractivity contribution in [2.75, 3.05) is 20.4 Å². The maximum absolute atomic E-state index is 12.5. The molecule has 6 heteroatoms. The Bertz CT molecular complexity index is 884. The highest BCUT2D eigenvalue weighted by molar-refractivity contribution is 5.87. The van der Waals surface area contributed by atoms with Crippen molar-refractivity contribution < 1.29 is 18.7 Å². The van der Waals surface area contributed by atoms with Gasteiger partial charge in [-0.25, -0.2) is 4.79 Å². The molecule has 6 nitrogen and oxygen atoms in total. The summed E-state index contributed by atoms with van der Waals surface area (Å²) in [6, 6.07) is 3.80. The molecular formula is C20H25NO5. The summed E-state index contributed by atoms with van der Waals surface area (Å²) in [5.74, 6) is 0.910. The summed E-state index contributed by atoms with van der Waals surface area (Å²) >= 11 is 0. The number of carbonyl (C=O) groups excluding carboxylic acids is 1. The monoisotopic (exact) mass is 359 g/mol. The van der Waals surface area contributed by atoms with Gasteiger partial charge in [0.25, 0.3) is 0 Å². The summed E-state index contributed by atoms with van der Waals surface area (Å²) < 4.78 is 16.2. The molecular weight excluding hydrogens is 334 g/mol. The van der Waals surface area contributed by atoms with Crippen LogP contribution in [0.4, 0.5) is 0 Å². The highest BCUT2D eigenvalue weighted by atomic mass is 16.5. The SMILES string of the molecule is COC(=O)Cc1c(C)c2ccc3c(c2oc1=O)CN(CCC(C)C)CO3. The van der Waals surface area contributed by atoms with Crippen molar-refractivity contribution in [3.05, 3.63) is 39.2 Å². The topological polar surface area (TPSA) is 69.0 Å². The summed E-state index contributed by atoms with van der Waals surface area (Å²) in [5, 5.41) is 0.830. The average molecular weight is 359 g/mol. The Morgan fingerprint density at radius 1 is 1.35 bits per heavy atom. The van der Waals surface area contributed by atoms with E-state index in [2.05, 4.69) is 23.5 Å². The zero-order valence-corrected chi connectivity index (χ0v) is 15.8. The number of fused-ring (bicyclic) bond motifs is 3. The molecule has 0 saturated carbocycles. The third-order valence-corrected chi connectivity index (χ3v) is 4.87. The molecule has 0 saturated heterocycles. The minimum absolute atomic E-state index is 0.0886. The molecule has 1 aliphatic rings. The van der Waals surface area contributed by atoms with Crippen molar-refractivity contribution in [3.8, 4) is 5.75 Å². The Morgan fingerprint density at radius 2 is 2.12 bits per heavy atom. The molecule has 0 aliphatic carbocycles. The second-order valence-corrected chi connectivity index (χ2v) is 7.17. The molecule has 0 bridgehead atoms. The van der Waals surface area contributed by atoms with Crippen LogP contribution in [0.1, 0.15) is 37.0 Å². The van der Waals surface area contributed by atoms with E-state index in [1.54, 1.807) is 0 Å². The van der Waals surface area contributed by atoms with E-state index < -0.39 is 11.6 Å². The van der Waals surface area contributed by atoms with Crippen LogP contribution < -0.4 is 10.4 Å². The van der Waals surface area contributed by atoms with Crippen LogP contribution in [0.5, 0.6) is 5.75 Å². The summed E-state index contributed by atoms with van der Waals surface area (Å²) in [6.07, 6.45) is 0.990. The number of rotatable bonds is 5. The first-order chi connectivity index (χ1) is 12.4. The number of ether oxygens (including phenoxy) is 2. The van der Waals surface area contributed by atoms with E-state index in [9.17, 15) is 9.59 Å². The van der Waals surface area contributed by atoms with E-state index in [4.69, 9.17) is 9.15 Å². The highest BCUT2D eigenvalue weighted by Gasteiger charge is 2.24. The molecule has 2 aromatic rings. The van der Waals surface area contributed by atoms with E-state index in [1.807, 2.05) is 19.1 Å². The first-order valence-corrected chi connectivity index (χ1v) is 8.90. The van der Waals surface area contributed by atoms with Crippen molar-refractivity contribution in [2.24, 2.45) is 5.92 Å². The summed E-state index contributed by atoms with van der Waals surface area (Å²) in [5.41, 5.74) is 2.05. The van der Waals surface area contributed by atoms with Gasteiger partial charge in [0.05, 0.1) is 24.7 Å². The number of aryl methyl sites for hydroxylation is 1. The van der Waals surface area contributed by atoms with E-state index in [0.717, 1.165) is 35.2 Å². The first-order valence-electron chi connectivity index (χ1n) is 8.90. The molecule has 1 aromatic carbocycles. The Morgan fingerprint density at radius 3 is 2.81 bits per heavy atom. The number of methoxy groups -OCH3 is 1. The molecule has 0 unspecified atom stereocenters. The molecule has 26 heavy (non-hydrogen) atoms. The Balaban J connectivity index is 2.01. The molecule has 0 radical (unpaired) electrons. The van der Waals surface area contributed by atoms with Gasteiger partial charge < -0.3 is 13.9 Å². The lowest BCUT2D eigenvalue weighted by Crippen LogP contribution is -2.33. The molecule has 0 fully saturated rings. The van der Waals surface area contributed by atoms with Gasteiger partial charge in [-0.15, -0.1) is 0 Å². The zero-order valence-electron chi connectivity index (χ0n) is 15.8. The van der Waals surface area contributed by atoms with Crippen molar-refractivity contribution >= 4 is 16.9 Å². The van der Waals surface area contributed by atoms with E-state index >= 15 is 0 Å².